The fraction of sp³-hybridized carbons (Fsp3) is 0.417. The molecule has 1 saturated heterocycles. The second-order valence-electron chi connectivity index (χ2n) is 4.23. The second kappa shape index (κ2) is 5.26. The summed E-state index contributed by atoms with van der Waals surface area (Å²) in [4.78, 5) is 21.8. The quantitative estimate of drug-likeness (QED) is 0.614. The highest BCUT2D eigenvalue weighted by Gasteiger charge is 2.22. The van der Waals surface area contributed by atoms with E-state index in [1.165, 1.54) is 13.2 Å². The van der Waals surface area contributed by atoms with Gasteiger partial charge in [-0.15, -0.1) is 0 Å². The third kappa shape index (κ3) is 2.30. The second-order valence-corrected chi connectivity index (χ2v) is 4.57. The zero-order chi connectivity index (χ0) is 14.1. The fourth-order valence-electron chi connectivity index (χ4n) is 2.08. The summed E-state index contributed by atoms with van der Waals surface area (Å²) in [5.41, 5.74) is 0.906. The minimum absolute atomic E-state index is 0.0774. The highest BCUT2D eigenvalue weighted by Crippen LogP contribution is 2.29. The predicted octanol–water partition coefficient (Wildman–Crippen LogP) is 1.50. The van der Waals surface area contributed by atoms with Crippen LogP contribution in [0.15, 0.2) is 10.5 Å². The lowest BCUT2D eigenvalue weighted by Crippen LogP contribution is -2.36. The first kappa shape index (κ1) is 13.1. The Bertz CT molecular complexity index is 651. The number of esters is 1. The van der Waals surface area contributed by atoms with Crippen LogP contribution in [0.25, 0.3) is 11.1 Å². The molecule has 0 aliphatic carbocycles. The molecule has 8 heteroatoms. The summed E-state index contributed by atoms with van der Waals surface area (Å²) in [6.07, 6.45) is 0. The van der Waals surface area contributed by atoms with Crippen molar-refractivity contribution in [2.75, 3.05) is 38.3 Å². The van der Waals surface area contributed by atoms with Crippen LogP contribution in [0.5, 0.6) is 0 Å². The first-order chi connectivity index (χ1) is 9.69. The van der Waals surface area contributed by atoms with Crippen LogP contribution in [0.4, 0.5) is 5.82 Å². The SMILES string of the molecule is COC(=O)c1cc2nc(Cl)nc(N3CCOCC3)c2o1. The molecule has 2 aromatic heterocycles. The van der Waals surface area contributed by atoms with E-state index in [1.54, 1.807) is 0 Å². The number of rotatable bonds is 2. The molecule has 0 aromatic carbocycles. The van der Waals surface area contributed by atoms with Gasteiger partial charge in [0, 0.05) is 19.2 Å². The van der Waals surface area contributed by atoms with Crippen LogP contribution < -0.4 is 4.90 Å². The lowest BCUT2D eigenvalue weighted by atomic mass is 10.3. The summed E-state index contributed by atoms with van der Waals surface area (Å²) in [7, 11) is 1.29. The maximum atomic E-state index is 11.5. The van der Waals surface area contributed by atoms with Gasteiger partial charge < -0.3 is 18.8 Å². The summed E-state index contributed by atoms with van der Waals surface area (Å²) in [5.74, 6) is 0.0825. The molecule has 0 saturated carbocycles. The van der Waals surface area contributed by atoms with Crippen molar-refractivity contribution >= 4 is 34.5 Å². The topological polar surface area (TPSA) is 77.7 Å². The standard InChI is InChI=1S/C12H12ClN3O4/c1-18-11(17)8-6-7-9(20-8)10(15-12(13)14-7)16-2-4-19-5-3-16/h6H,2-5H2,1H3. The van der Waals surface area contributed by atoms with Crippen molar-refractivity contribution in [1.29, 1.82) is 0 Å². The summed E-state index contributed by atoms with van der Waals surface area (Å²) < 4.78 is 15.5. The molecule has 106 valence electrons. The highest BCUT2D eigenvalue weighted by atomic mass is 35.5. The number of aromatic nitrogens is 2. The molecule has 0 bridgehead atoms. The molecule has 0 amide bonds. The number of hydrogen-bond donors (Lipinski definition) is 0. The summed E-state index contributed by atoms with van der Waals surface area (Å²) in [6, 6.07) is 1.50. The average molecular weight is 298 g/mol. The minimum atomic E-state index is -0.563. The number of carbonyl (C=O) groups is 1. The van der Waals surface area contributed by atoms with Gasteiger partial charge in [-0.1, -0.05) is 0 Å². The maximum absolute atomic E-state index is 11.5. The van der Waals surface area contributed by atoms with Crippen LogP contribution in [0.2, 0.25) is 5.28 Å². The van der Waals surface area contributed by atoms with Gasteiger partial charge in [0.15, 0.2) is 11.4 Å². The molecule has 1 aliphatic heterocycles. The first-order valence-corrected chi connectivity index (χ1v) is 6.45. The molecule has 0 unspecified atom stereocenters. The molecule has 3 rings (SSSR count). The molecular formula is C12H12ClN3O4. The monoisotopic (exact) mass is 297 g/mol. The van der Waals surface area contributed by atoms with Gasteiger partial charge in [-0.25, -0.2) is 9.78 Å². The molecule has 2 aromatic rings. The zero-order valence-corrected chi connectivity index (χ0v) is 11.5. The van der Waals surface area contributed by atoms with Gasteiger partial charge in [0.2, 0.25) is 11.0 Å². The van der Waals surface area contributed by atoms with Crippen LogP contribution in [0.3, 0.4) is 0 Å². The molecule has 0 N–H and O–H groups in total. The number of furan rings is 1. The van der Waals surface area contributed by atoms with Crippen LogP contribution in [0, 0.1) is 0 Å². The Kier molecular flexibility index (Phi) is 3.45. The number of carbonyl (C=O) groups excluding carboxylic acids is 1. The third-order valence-electron chi connectivity index (χ3n) is 3.02. The van der Waals surface area contributed by atoms with E-state index in [2.05, 4.69) is 14.7 Å². The first-order valence-electron chi connectivity index (χ1n) is 6.07. The number of anilines is 1. The largest absolute Gasteiger partial charge is 0.463 e. The Morgan fingerprint density at radius 1 is 1.40 bits per heavy atom. The molecule has 20 heavy (non-hydrogen) atoms. The number of nitrogens with zero attached hydrogens (tertiary/aromatic N) is 3. The number of fused-ring (bicyclic) bond motifs is 1. The molecule has 0 radical (unpaired) electrons. The van der Waals surface area contributed by atoms with Gasteiger partial charge >= 0.3 is 5.97 Å². The van der Waals surface area contributed by atoms with Gasteiger partial charge in [-0.3, -0.25) is 0 Å². The Hall–Kier alpha value is -1.86. The Labute approximate surface area is 119 Å². The molecule has 7 nitrogen and oxygen atoms in total. The molecule has 0 atom stereocenters. The van der Waals surface area contributed by atoms with Gasteiger partial charge in [0.05, 0.1) is 20.3 Å². The van der Waals surface area contributed by atoms with E-state index < -0.39 is 5.97 Å². The highest BCUT2D eigenvalue weighted by molar-refractivity contribution is 6.28. The van der Waals surface area contributed by atoms with Crippen molar-refractivity contribution in [3.05, 3.63) is 17.1 Å². The molecule has 1 aliphatic rings. The van der Waals surface area contributed by atoms with E-state index >= 15 is 0 Å². The van der Waals surface area contributed by atoms with Crippen LogP contribution >= 0.6 is 11.6 Å². The lowest BCUT2D eigenvalue weighted by Gasteiger charge is -2.27. The lowest BCUT2D eigenvalue weighted by molar-refractivity contribution is 0.0567. The van der Waals surface area contributed by atoms with Crippen LogP contribution in [-0.4, -0.2) is 49.4 Å². The molecule has 1 fully saturated rings. The third-order valence-corrected chi connectivity index (χ3v) is 3.19. The van der Waals surface area contributed by atoms with Crippen molar-refractivity contribution in [2.45, 2.75) is 0 Å². The van der Waals surface area contributed by atoms with E-state index in [1.807, 2.05) is 4.90 Å². The molecule has 0 spiro atoms. The summed E-state index contributed by atoms with van der Waals surface area (Å²) in [6.45, 7) is 2.56. The van der Waals surface area contributed by atoms with Gasteiger partial charge in [0.1, 0.15) is 5.52 Å². The number of ether oxygens (including phenoxy) is 2. The van der Waals surface area contributed by atoms with Crippen molar-refractivity contribution in [1.82, 2.24) is 9.97 Å². The van der Waals surface area contributed by atoms with Gasteiger partial charge in [-0.2, -0.15) is 4.98 Å². The number of methoxy groups -OCH3 is 1. The van der Waals surface area contributed by atoms with Crippen molar-refractivity contribution in [3.8, 4) is 0 Å². The predicted molar refractivity (Wildman–Crippen MR) is 71.2 cm³/mol. The van der Waals surface area contributed by atoms with E-state index in [0.717, 1.165) is 0 Å². The minimum Gasteiger partial charge on any atom is -0.463 e. The smallest absolute Gasteiger partial charge is 0.374 e. The van der Waals surface area contributed by atoms with Crippen molar-refractivity contribution < 1.29 is 18.7 Å². The number of morpholine rings is 1. The van der Waals surface area contributed by atoms with Crippen LogP contribution in [0.1, 0.15) is 10.6 Å². The zero-order valence-electron chi connectivity index (χ0n) is 10.8. The number of halogens is 1. The van der Waals surface area contributed by atoms with E-state index in [-0.39, 0.29) is 11.0 Å². The van der Waals surface area contributed by atoms with E-state index in [0.29, 0.717) is 43.2 Å². The summed E-state index contributed by atoms with van der Waals surface area (Å²) in [5, 5.41) is 0.108. The summed E-state index contributed by atoms with van der Waals surface area (Å²) >= 11 is 5.93. The Morgan fingerprint density at radius 2 is 2.15 bits per heavy atom. The molecular weight excluding hydrogens is 286 g/mol. The van der Waals surface area contributed by atoms with E-state index in [4.69, 9.17) is 20.8 Å². The van der Waals surface area contributed by atoms with E-state index in [9.17, 15) is 4.79 Å². The Balaban J connectivity index is 2.10. The van der Waals surface area contributed by atoms with Crippen LogP contribution in [-0.2, 0) is 9.47 Å². The normalized spacial score (nSPS) is 15.6. The number of hydrogen-bond acceptors (Lipinski definition) is 7. The van der Waals surface area contributed by atoms with Crippen molar-refractivity contribution in [3.63, 3.8) is 0 Å². The van der Waals surface area contributed by atoms with Gasteiger partial charge in [0.25, 0.3) is 0 Å². The molecule has 3 heterocycles. The van der Waals surface area contributed by atoms with Gasteiger partial charge in [-0.05, 0) is 11.6 Å². The maximum Gasteiger partial charge on any atom is 0.374 e. The average Bonchev–Trinajstić information content (AvgIpc) is 2.90. The Morgan fingerprint density at radius 3 is 2.85 bits per heavy atom. The fourth-order valence-corrected chi connectivity index (χ4v) is 2.25. The van der Waals surface area contributed by atoms with Crippen molar-refractivity contribution in [2.24, 2.45) is 0 Å².